The van der Waals surface area contributed by atoms with Gasteiger partial charge in [0.25, 0.3) is 0 Å². The van der Waals surface area contributed by atoms with Crippen molar-refractivity contribution >= 4 is 0 Å². The molecule has 1 aromatic carbocycles. The fourth-order valence-corrected chi connectivity index (χ4v) is 2.78. The van der Waals surface area contributed by atoms with Crippen molar-refractivity contribution in [2.45, 2.75) is 45.7 Å². The van der Waals surface area contributed by atoms with Gasteiger partial charge < -0.3 is 0 Å². The molecule has 16 heavy (non-hydrogen) atoms. The maximum absolute atomic E-state index is 2.65. The van der Waals surface area contributed by atoms with Crippen LogP contribution in [0.3, 0.4) is 0 Å². The summed E-state index contributed by atoms with van der Waals surface area (Å²) in [7, 11) is 0. The number of piperidine rings is 1. The van der Waals surface area contributed by atoms with Crippen molar-refractivity contribution in [3.63, 3.8) is 0 Å². The van der Waals surface area contributed by atoms with Crippen molar-refractivity contribution in [1.29, 1.82) is 0 Å². The van der Waals surface area contributed by atoms with Crippen LogP contribution in [0.5, 0.6) is 0 Å². The summed E-state index contributed by atoms with van der Waals surface area (Å²) >= 11 is 0. The Balaban J connectivity index is 2.21. The van der Waals surface area contributed by atoms with Crippen molar-refractivity contribution in [2.24, 2.45) is 5.92 Å². The minimum absolute atomic E-state index is 0.630. The second-order valence-electron chi connectivity index (χ2n) is 5.39. The number of hydrogen-bond acceptors (Lipinski definition) is 1. The van der Waals surface area contributed by atoms with Crippen molar-refractivity contribution in [1.82, 2.24) is 4.90 Å². The van der Waals surface area contributed by atoms with E-state index in [-0.39, 0.29) is 0 Å². The van der Waals surface area contributed by atoms with E-state index in [1.807, 2.05) is 0 Å². The summed E-state index contributed by atoms with van der Waals surface area (Å²) < 4.78 is 0. The predicted octanol–water partition coefficient (Wildman–Crippen LogP) is 3.87. The maximum atomic E-state index is 2.65. The molecule has 1 aliphatic heterocycles. The van der Waals surface area contributed by atoms with E-state index in [9.17, 15) is 0 Å². The lowest BCUT2D eigenvalue weighted by atomic mass is 9.87. The normalized spacial score (nSPS) is 27.2. The zero-order valence-electron chi connectivity index (χ0n) is 10.7. The van der Waals surface area contributed by atoms with Gasteiger partial charge in [-0.05, 0) is 44.7 Å². The van der Waals surface area contributed by atoms with Gasteiger partial charge in [-0.1, -0.05) is 37.3 Å². The highest BCUT2D eigenvalue weighted by Gasteiger charge is 2.28. The Morgan fingerprint density at radius 3 is 2.50 bits per heavy atom. The lowest BCUT2D eigenvalue weighted by Crippen LogP contribution is -2.40. The highest BCUT2D eigenvalue weighted by Crippen LogP contribution is 2.34. The quantitative estimate of drug-likeness (QED) is 0.727. The summed E-state index contributed by atoms with van der Waals surface area (Å²) in [5.74, 6) is 0.861. The Bertz CT molecular complexity index is 317. The molecule has 1 heterocycles. The first-order valence-electron chi connectivity index (χ1n) is 6.49. The summed E-state index contributed by atoms with van der Waals surface area (Å²) in [6.45, 7) is 8.25. The van der Waals surface area contributed by atoms with Gasteiger partial charge in [-0.25, -0.2) is 0 Å². The molecule has 1 nitrogen and oxygen atoms in total. The summed E-state index contributed by atoms with van der Waals surface area (Å²) in [5, 5.41) is 0. The number of rotatable bonds is 2. The van der Waals surface area contributed by atoms with Gasteiger partial charge >= 0.3 is 0 Å². The van der Waals surface area contributed by atoms with Gasteiger partial charge in [0.1, 0.15) is 0 Å². The Morgan fingerprint density at radius 2 is 1.88 bits per heavy atom. The van der Waals surface area contributed by atoms with E-state index in [1.54, 1.807) is 0 Å². The molecule has 0 radical (unpaired) electrons. The lowest BCUT2D eigenvalue weighted by Gasteiger charge is -2.41. The Labute approximate surface area is 99.5 Å². The largest absolute Gasteiger partial charge is 0.294 e. The van der Waals surface area contributed by atoms with Crippen molar-refractivity contribution in [3.05, 3.63) is 35.9 Å². The van der Waals surface area contributed by atoms with Crippen LogP contribution < -0.4 is 0 Å². The number of benzene rings is 1. The van der Waals surface area contributed by atoms with Gasteiger partial charge in [-0.2, -0.15) is 0 Å². The first-order valence-corrected chi connectivity index (χ1v) is 6.49. The second kappa shape index (κ2) is 5.01. The molecule has 1 heteroatoms. The fourth-order valence-electron chi connectivity index (χ4n) is 2.78. The van der Waals surface area contributed by atoms with E-state index in [1.165, 1.54) is 24.9 Å². The SMILES string of the molecule is CC1CCN(C(C)C)C(c2ccccc2)C1. The summed E-state index contributed by atoms with van der Waals surface area (Å²) in [4.78, 5) is 2.65. The van der Waals surface area contributed by atoms with Crippen LogP contribution in [0.2, 0.25) is 0 Å². The smallest absolute Gasteiger partial charge is 0.0353 e. The van der Waals surface area contributed by atoms with Gasteiger partial charge in [0.15, 0.2) is 0 Å². The minimum atomic E-state index is 0.630. The van der Waals surface area contributed by atoms with Crippen molar-refractivity contribution < 1.29 is 0 Å². The molecular weight excluding hydrogens is 194 g/mol. The zero-order chi connectivity index (χ0) is 11.5. The molecule has 2 rings (SSSR count). The third-order valence-electron chi connectivity index (χ3n) is 3.75. The predicted molar refractivity (Wildman–Crippen MR) is 69.4 cm³/mol. The first kappa shape index (κ1) is 11.7. The molecule has 0 bridgehead atoms. The molecule has 1 fully saturated rings. The molecule has 0 aliphatic carbocycles. The third kappa shape index (κ3) is 2.46. The maximum Gasteiger partial charge on any atom is 0.0353 e. The molecular formula is C15H23N. The minimum Gasteiger partial charge on any atom is -0.294 e. The van der Waals surface area contributed by atoms with Crippen LogP contribution in [0.15, 0.2) is 30.3 Å². The topological polar surface area (TPSA) is 3.24 Å². The first-order chi connectivity index (χ1) is 7.68. The van der Waals surface area contributed by atoms with E-state index < -0.39 is 0 Å². The van der Waals surface area contributed by atoms with Crippen molar-refractivity contribution in [2.75, 3.05) is 6.54 Å². The van der Waals surface area contributed by atoms with E-state index in [4.69, 9.17) is 0 Å². The average molecular weight is 217 g/mol. The highest BCUT2D eigenvalue weighted by molar-refractivity contribution is 5.19. The van der Waals surface area contributed by atoms with Gasteiger partial charge in [0.05, 0.1) is 0 Å². The van der Waals surface area contributed by atoms with E-state index >= 15 is 0 Å². The van der Waals surface area contributed by atoms with Crippen LogP contribution >= 0.6 is 0 Å². The van der Waals surface area contributed by atoms with Crippen LogP contribution in [0.25, 0.3) is 0 Å². The molecule has 0 aromatic heterocycles. The fraction of sp³-hybridized carbons (Fsp3) is 0.600. The molecule has 1 aromatic rings. The molecule has 2 atom stereocenters. The monoisotopic (exact) mass is 217 g/mol. The Hall–Kier alpha value is -0.820. The number of hydrogen-bond donors (Lipinski definition) is 0. The van der Waals surface area contributed by atoms with Gasteiger partial charge in [-0.3, -0.25) is 4.90 Å². The average Bonchev–Trinajstić information content (AvgIpc) is 2.29. The second-order valence-corrected chi connectivity index (χ2v) is 5.39. The number of likely N-dealkylation sites (tertiary alicyclic amines) is 1. The van der Waals surface area contributed by atoms with E-state index in [2.05, 4.69) is 56.0 Å². The van der Waals surface area contributed by atoms with Crippen LogP contribution in [-0.2, 0) is 0 Å². The van der Waals surface area contributed by atoms with Crippen LogP contribution in [0.4, 0.5) is 0 Å². The van der Waals surface area contributed by atoms with Gasteiger partial charge in [0.2, 0.25) is 0 Å². The molecule has 0 amide bonds. The zero-order valence-corrected chi connectivity index (χ0v) is 10.7. The van der Waals surface area contributed by atoms with E-state index in [0.29, 0.717) is 12.1 Å². The lowest BCUT2D eigenvalue weighted by molar-refractivity contribution is 0.0862. The Morgan fingerprint density at radius 1 is 1.19 bits per heavy atom. The van der Waals surface area contributed by atoms with Crippen LogP contribution in [0.1, 0.15) is 45.2 Å². The van der Waals surface area contributed by atoms with Gasteiger partial charge in [0, 0.05) is 12.1 Å². The molecule has 0 saturated carbocycles. The molecule has 0 N–H and O–H groups in total. The van der Waals surface area contributed by atoms with Crippen LogP contribution in [-0.4, -0.2) is 17.5 Å². The van der Waals surface area contributed by atoms with Crippen molar-refractivity contribution in [3.8, 4) is 0 Å². The molecule has 88 valence electrons. The molecule has 2 unspecified atom stereocenters. The summed E-state index contributed by atoms with van der Waals surface area (Å²) in [6, 6.07) is 12.3. The third-order valence-corrected chi connectivity index (χ3v) is 3.75. The van der Waals surface area contributed by atoms with Crippen LogP contribution in [0, 0.1) is 5.92 Å². The molecule has 0 spiro atoms. The standard InChI is InChI=1S/C15H23N/c1-12(2)16-10-9-13(3)11-15(16)14-7-5-4-6-8-14/h4-8,12-13,15H,9-11H2,1-3H3. The molecule has 1 aliphatic rings. The summed E-state index contributed by atoms with van der Waals surface area (Å²) in [5.41, 5.74) is 1.49. The summed E-state index contributed by atoms with van der Waals surface area (Å²) in [6.07, 6.45) is 2.66. The Kier molecular flexibility index (Phi) is 3.65. The van der Waals surface area contributed by atoms with E-state index in [0.717, 1.165) is 5.92 Å². The highest BCUT2D eigenvalue weighted by atomic mass is 15.2. The molecule has 1 saturated heterocycles. The number of nitrogens with zero attached hydrogens (tertiary/aromatic N) is 1. The van der Waals surface area contributed by atoms with Gasteiger partial charge in [-0.15, -0.1) is 0 Å².